The average Bonchev–Trinajstić information content (AvgIpc) is 2.57. The van der Waals surface area contributed by atoms with Crippen LogP contribution in [0.3, 0.4) is 0 Å². The zero-order valence-electron chi connectivity index (χ0n) is 8.20. The Morgan fingerprint density at radius 3 is 3.15 bits per heavy atom. The lowest BCUT2D eigenvalue weighted by molar-refractivity contribution is 0.129. The van der Waals surface area contributed by atoms with Crippen LogP contribution in [0.1, 0.15) is 12.8 Å². The highest BCUT2D eigenvalue weighted by Crippen LogP contribution is 2.17. The summed E-state index contributed by atoms with van der Waals surface area (Å²) in [5.74, 6) is 2.05. The second-order valence-corrected chi connectivity index (χ2v) is 4.46. The number of ether oxygens (including phenoxy) is 2. The van der Waals surface area contributed by atoms with Crippen molar-refractivity contribution >= 4 is 11.8 Å². The molecule has 3 nitrogen and oxygen atoms in total. The third-order valence-corrected chi connectivity index (χ3v) is 3.31. The number of nitrogens with two attached hydrogens (primary N) is 1. The van der Waals surface area contributed by atoms with E-state index in [4.69, 9.17) is 15.2 Å². The summed E-state index contributed by atoms with van der Waals surface area (Å²) >= 11 is 1.87. The molecular formula is C9H19NO2S. The summed E-state index contributed by atoms with van der Waals surface area (Å²) in [7, 11) is 1.69. The van der Waals surface area contributed by atoms with E-state index in [9.17, 15) is 0 Å². The van der Waals surface area contributed by atoms with Crippen molar-refractivity contribution in [3.63, 3.8) is 0 Å². The molecule has 1 aliphatic heterocycles. The van der Waals surface area contributed by atoms with Crippen LogP contribution in [0.2, 0.25) is 0 Å². The summed E-state index contributed by atoms with van der Waals surface area (Å²) < 4.78 is 10.5. The molecule has 0 aromatic carbocycles. The average molecular weight is 205 g/mol. The molecule has 0 bridgehead atoms. The van der Waals surface area contributed by atoms with Crippen molar-refractivity contribution in [1.29, 1.82) is 0 Å². The minimum Gasteiger partial charge on any atom is -0.383 e. The Balaban J connectivity index is 1.93. The second-order valence-electron chi connectivity index (χ2n) is 3.39. The molecule has 0 radical (unpaired) electrons. The highest BCUT2D eigenvalue weighted by molar-refractivity contribution is 7.99. The van der Waals surface area contributed by atoms with Crippen LogP contribution in [0.5, 0.6) is 0 Å². The SMILES string of the molecule is COCC(N)CSCC1CCCO1. The van der Waals surface area contributed by atoms with Gasteiger partial charge in [0, 0.05) is 31.3 Å². The van der Waals surface area contributed by atoms with E-state index in [2.05, 4.69) is 0 Å². The molecule has 4 heteroatoms. The van der Waals surface area contributed by atoms with Crippen LogP contribution in [0, 0.1) is 0 Å². The molecule has 78 valence electrons. The zero-order valence-corrected chi connectivity index (χ0v) is 9.02. The maximum Gasteiger partial charge on any atom is 0.0666 e. The summed E-state index contributed by atoms with van der Waals surface area (Å²) in [6.07, 6.45) is 2.90. The third kappa shape index (κ3) is 4.86. The molecule has 0 aromatic heterocycles. The number of rotatable bonds is 6. The molecule has 0 aliphatic carbocycles. The molecule has 13 heavy (non-hydrogen) atoms. The molecule has 1 heterocycles. The van der Waals surface area contributed by atoms with E-state index in [0.29, 0.717) is 12.7 Å². The van der Waals surface area contributed by atoms with Crippen LogP contribution in [0.25, 0.3) is 0 Å². The Hall–Kier alpha value is 0.230. The van der Waals surface area contributed by atoms with E-state index < -0.39 is 0 Å². The highest BCUT2D eigenvalue weighted by Gasteiger charge is 2.15. The van der Waals surface area contributed by atoms with E-state index in [-0.39, 0.29) is 6.04 Å². The summed E-state index contributed by atoms with van der Waals surface area (Å²) in [5.41, 5.74) is 5.78. The van der Waals surface area contributed by atoms with Gasteiger partial charge in [-0.1, -0.05) is 0 Å². The first kappa shape index (κ1) is 11.3. The predicted octanol–water partition coefficient (Wildman–Crippen LogP) is 0.872. The van der Waals surface area contributed by atoms with Gasteiger partial charge in [-0.2, -0.15) is 11.8 Å². The lowest BCUT2D eigenvalue weighted by Crippen LogP contribution is -2.28. The van der Waals surface area contributed by atoms with E-state index in [1.807, 2.05) is 11.8 Å². The van der Waals surface area contributed by atoms with Gasteiger partial charge in [0.25, 0.3) is 0 Å². The molecule has 0 aromatic rings. The summed E-state index contributed by atoms with van der Waals surface area (Å²) in [5, 5.41) is 0. The van der Waals surface area contributed by atoms with Crippen molar-refractivity contribution in [3.8, 4) is 0 Å². The topological polar surface area (TPSA) is 44.5 Å². The molecule has 1 rings (SSSR count). The molecule has 2 atom stereocenters. The summed E-state index contributed by atoms with van der Waals surface area (Å²) in [4.78, 5) is 0. The molecule has 2 N–H and O–H groups in total. The van der Waals surface area contributed by atoms with E-state index in [0.717, 1.165) is 18.1 Å². The number of hydrogen-bond donors (Lipinski definition) is 1. The van der Waals surface area contributed by atoms with Crippen molar-refractivity contribution in [2.24, 2.45) is 5.73 Å². The Bertz CT molecular complexity index is 129. The van der Waals surface area contributed by atoms with Gasteiger partial charge in [-0.25, -0.2) is 0 Å². The standard InChI is InChI=1S/C9H19NO2S/c1-11-5-8(10)6-13-7-9-3-2-4-12-9/h8-9H,2-7,10H2,1H3. The minimum absolute atomic E-state index is 0.163. The highest BCUT2D eigenvalue weighted by atomic mass is 32.2. The van der Waals surface area contributed by atoms with E-state index in [1.54, 1.807) is 7.11 Å². The van der Waals surface area contributed by atoms with Gasteiger partial charge in [0.1, 0.15) is 0 Å². The van der Waals surface area contributed by atoms with Gasteiger partial charge in [0.05, 0.1) is 12.7 Å². The Kier molecular flexibility index (Phi) is 5.78. The van der Waals surface area contributed by atoms with Gasteiger partial charge in [-0.05, 0) is 12.8 Å². The van der Waals surface area contributed by atoms with Crippen LogP contribution in [-0.4, -0.2) is 44.0 Å². The Labute approximate surface area is 84.3 Å². The maximum absolute atomic E-state index is 5.78. The molecule has 0 spiro atoms. The molecule has 1 aliphatic rings. The van der Waals surface area contributed by atoms with Crippen LogP contribution < -0.4 is 5.73 Å². The van der Waals surface area contributed by atoms with Gasteiger partial charge >= 0.3 is 0 Å². The lowest BCUT2D eigenvalue weighted by atomic mass is 10.3. The van der Waals surface area contributed by atoms with Crippen molar-refractivity contribution in [2.45, 2.75) is 25.0 Å². The second kappa shape index (κ2) is 6.65. The van der Waals surface area contributed by atoms with Crippen LogP contribution >= 0.6 is 11.8 Å². The Morgan fingerprint density at radius 1 is 1.69 bits per heavy atom. The maximum atomic E-state index is 5.78. The summed E-state index contributed by atoms with van der Waals surface area (Å²) in [6.45, 7) is 1.59. The molecule has 1 saturated heterocycles. The fourth-order valence-corrected chi connectivity index (χ4v) is 2.45. The lowest BCUT2D eigenvalue weighted by Gasteiger charge is -2.12. The number of hydrogen-bond acceptors (Lipinski definition) is 4. The monoisotopic (exact) mass is 205 g/mol. The first-order valence-electron chi connectivity index (χ1n) is 4.76. The van der Waals surface area contributed by atoms with Crippen molar-refractivity contribution in [3.05, 3.63) is 0 Å². The molecule has 0 amide bonds. The van der Waals surface area contributed by atoms with Gasteiger partial charge in [0.2, 0.25) is 0 Å². The minimum atomic E-state index is 0.163. The molecular weight excluding hydrogens is 186 g/mol. The molecule has 2 unspecified atom stereocenters. The normalized spacial score (nSPS) is 24.9. The van der Waals surface area contributed by atoms with Gasteiger partial charge in [0.15, 0.2) is 0 Å². The quantitative estimate of drug-likeness (QED) is 0.699. The fraction of sp³-hybridized carbons (Fsp3) is 1.00. The van der Waals surface area contributed by atoms with Crippen LogP contribution in [0.15, 0.2) is 0 Å². The van der Waals surface area contributed by atoms with Crippen molar-refractivity contribution in [2.75, 3.05) is 31.8 Å². The summed E-state index contributed by atoms with van der Waals surface area (Å²) in [6, 6.07) is 0.163. The van der Waals surface area contributed by atoms with Crippen molar-refractivity contribution < 1.29 is 9.47 Å². The van der Waals surface area contributed by atoms with Gasteiger partial charge in [-0.3, -0.25) is 0 Å². The Morgan fingerprint density at radius 2 is 2.54 bits per heavy atom. The van der Waals surface area contributed by atoms with Gasteiger partial charge < -0.3 is 15.2 Å². The smallest absolute Gasteiger partial charge is 0.0666 e. The van der Waals surface area contributed by atoms with Crippen molar-refractivity contribution in [1.82, 2.24) is 0 Å². The van der Waals surface area contributed by atoms with E-state index in [1.165, 1.54) is 12.8 Å². The van der Waals surface area contributed by atoms with E-state index >= 15 is 0 Å². The molecule has 0 saturated carbocycles. The number of methoxy groups -OCH3 is 1. The van der Waals surface area contributed by atoms with Crippen LogP contribution in [-0.2, 0) is 9.47 Å². The van der Waals surface area contributed by atoms with Crippen LogP contribution in [0.4, 0.5) is 0 Å². The number of thioether (sulfide) groups is 1. The van der Waals surface area contributed by atoms with Gasteiger partial charge in [-0.15, -0.1) is 0 Å². The zero-order chi connectivity index (χ0) is 9.52. The first-order chi connectivity index (χ1) is 6.33. The first-order valence-corrected chi connectivity index (χ1v) is 5.92. The third-order valence-electron chi connectivity index (χ3n) is 2.04. The largest absolute Gasteiger partial charge is 0.383 e. The fourth-order valence-electron chi connectivity index (χ4n) is 1.39. The predicted molar refractivity (Wildman–Crippen MR) is 56.2 cm³/mol. The molecule has 1 fully saturated rings.